The summed E-state index contributed by atoms with van der Waals surface area (Å²) >= 11 is 1.22. The van der Waals surface area contributed by atoms with E-state index in [-0.39, 0.29) is 5.82 Å². The topological polar surface area (TPSA) is 77.2 Å². The van der Waals surface area contributed by atoms with Crippen molar-refractivity contribution in [2.45, 2.75) is 39.0 Å². The SMILES string of the molecule is COC(=O)c1c(N)nsc1NCCC1CCC(C)CC1. The molecule has 0 saturated heterocycles. The summed E-state index contributed by atoms with van der Waals surface area (Å²) in [5, 5.41) is 4.00. The number of hydrogen-bond donors (Lipinski definition) is 2. The highest BCUT2D eigenvalue weighted by Crippen LogP contribution is 2.31. The van der Waals surface area contributed by atoms with Crippen molar-refractivity contribution in [3.05, 3.63) is 5.56 Å². The number of carbonyl (C=O) groups excluding carboxylic acids is 1. The first kappa shape index (κ1) is 15.1. The van der Waals surface area contributed by atoms with Crippen LogP contribution in [0.25, 0.3) is 0 Å². The quantitative estimate of drug-likeness (QED) is 0.816. The number of carbonyl (C=O) groups is 1. The van der Waals surface area contributed by atoms with E-state index in [1.807, 2.05) is 0 Å². The molecule has 1 aliphatic rings. The van der Waals surface area contributed by atoms with Crippen molar-refractivity contribution in [2.24, 2.45) is 11.8 Å². The molecule has 1 aromatic heterocycles. The van der Waals surface area contributed by atoms with Gasteiger partial charge in [-0.2, -0.15) is 4.37 Å². The maximum atomic E-state index is 11.6. The first-order valence-corrected chi connectivity index (χ1v) is 7.96. The molecule has 0 aromatic carbocycles. The zero-order valence-electron chi connectivity index (χ0n) is 12.1. The summed E-state index contributed by atoms with van der Waals surface area (Å²) in [5.41, 5.74) is 6.08. The van der Waals surface area contributed by atoms with E-state index in [4.69, 9.17) is 10.5 Å². The Kier molecular flexibility index (Phi) is 5.23. The molecule has 1 aliphatic carbocycles. The zero-order valence-corrected chi connectivity index (χ0v) is 13.0. The lowest BCUT2D eigenvalue weighted by molar-refractivity contribution is 0.0603. The number of esters is 1. The molecule has 1 fully saturated rings. The lowest BCUT2D eigenvalue weighted by atomic mass is 9.81. The van der Waals surface area contributed by atoms with Crippen molar-refractivity contribution in [3.8, 4) is 0 Å². The third kappa shape index (κ3) is 3.62. The Labute approximate surface area is 124 Å². The van der Waals surface area contributed by atoms with Gasteiger partial charge in [-0.15, -0.1) is 0 Å². The molecule has 0 bridgehead atoms. The van der Waals surface area contributed by atoms with E-state index in [1.54, 1.807) is 0 Å². The lowest BCUT2D eigenvalue weighted by Crippen LogP contribution is -2.16. The van der Waals surface area contributed by atoms with E-state index in [1.165, 1.54) is 44.3 Å². The van der Waals surface area contributed by atoms with Crippen LogP contribution in [-0.2, 0) is 4.74 Å². The van der Waals surface area contributed by atoms with Crippen LogP contribution < -0.4 is 11.1 Å². The minimum atomic E-state index is -0.426. The number of nitrogen functional groups attached to an aromatic ring is 1. The van der Waals surface area contributed by atoms with Crippen molar-refractivity contribution in [3.63, 3.8) is 0 Å². The Morgan fingerprint density at radius 1 is 1.45 bits per heavy atom. The molecule has 0 amide bonds. The van der Waals surface area contributed by atoms with Gasteiger partial charge in [0, 0.05) is 6.54 Å². The van der Waals surface area contributed by atoms with Gasteiger partial charge >= 0.3 is 5.97 Å². The van der Waals surface area contributed by atoms with Crippen LogP contribution in [0.15, 0.2) is 0 Å². The fourth-order valence-corrected chi connectivity index (χ4v) is 3.46. The molecule has 0 aliphatic heterocycles. The summed E-state index contributed by atoms with van der Waals surface area (Å²) in [6.07, 6.45) is 6.44. The van der Waals surface area contributed by atoms with Gasteiger partial charge in [0.05, 0.1) is 7.11 Å². The summed E-state index contributed by atoms with van der Waals surface area (Å²) in [5.74, 6) is 1.50. The molecule has 0 radical (unpaired) electrons. The second-order valence-electron chi connectivity index (χ2n) is 5.60. The molecule has 2 rings (SSSR count). The Bertz CT molecular complexity index is 453. The van der Waals surface area contributed by atoms with Crippen LogP contribution in [0.1, 0.15) is 49.4 Å². The highest BCUT2D eigenvalue weighted by atomic mass is 32.1. The summed E-state index contributed by atoms with van der Waals surface area (Å²) in [7, 11) is 1.35. The molecular weight excluding hydrogens is 274 g/mol. The third-order valence-corrected chi connectivity index (χ3v) is 4.90. The van der Waals surface area contributed by atoms with E-state index in [0.29, 0.717) is 5.56 Å². The minimum Gasteiger partial charge on any atom is -0.465 e. The fraction of sp³-hybridized carbons (Fsp3) is 0.714. The predicted octanol–water partition coefficient (Wildman–Crippen LogP) is 3.14. The molecule has 20 heavy (non-hydrogen) atoms. The van der Waals surface area contributed by atoms with Gasteiger partial charge in [0.25, 0.3) is 0 Å². The number of anilines is 2. The second-order valence-corrected chi connectivity index (χ2v) is 6.38. The molecule has 1 heterocycles. The first-order valence-electron chi connectivity index (χ1n) is 7.19. The molecule has 0 unspecified atom stereocenters. The average molecular weight is 297 g/mol. The second kappa shape index (κ2) is 6.92. The number of ether oxygens (including phenoxy) is 1. The number of nitrogens with one attached hydrogen (secondary N) is 1. The van der Waals surface area contributed by atoms with Crippen LogP contribution in [0.3, 0.4) is 0 Å². The Balaban J connectivity index is 1.84. The van der Waals surface area contributed by atoms with Crippen molar-refractivity contribution >= 4 is 28.3 Å². The largest absolute Gasteiger partial charge is 0.465 e. The standard InChI is InChI=1S/C14H23N3O2S/c1-9-3-5-10(6-4-9)7-8-16-13-11(14(18)19-2)12(15)17-20-13/h9-10,16H,3-8H2,1-2H3,(H2,15,17). The maximum absolute atomic E-state index is 11.6. The summed E-state index contributed by atoms with van der Waals surface area (Å²) in [6, 6.07) is 0. The van der Waals surface area contributed by atoms with Crippen LogP contribution in [0.5, 0.6) is 0 Å². The number of nitrogens with two attached hydrogens (primary N) is 1. The molecule has 6 heteroatoms. The normalized spacial score (nSPS) is 22.5. The summed E-state index contributed by atoms with van der Waals surface area (Å²) in [4.78, 5) is 11.6. The minimum absolute atomic E-state index is 0.246. The van der Waals surface area contributed by atoms with Crippen molar-refractivity contribution < 1.29 is 9.53 Å². The van der Waals surface area contributed by atoms with Gasteiger partial charge in [0.2, 0.25) is 0 Å². The molecule has 1 saturated carbocycles. The number of rotatable bonds is 5. The van der Waals surface area contributed by atoms with Crippen LogP contribution in [0.4, 0.5) is 10.8 Å². The van der Waals surface area contributed by atoms with Crippen LogP contribution in [0.2, 0.25) is 0 Å². The maximum Gasteiger partial charge on any atom is 0.344 e. The third-order valence-electron chi connectivity index (χ3n) is 4.08. The van der Waals surface area contributed by atoms with Gasteiger partial charge in [-0.25, -0.2) is 4.79 Å². The van der Waals surface area contributed by atoms with Gasteiger partial charge in [-0.3, -0.25) is 0 Å². The molecule has 0 spiro atoms. The Morgan fingerprint density at radius 3 is 2.80 bits per heavy atom. The van der Waals surface area contributed by atoms with Gasteiger partial charge < -0.3 is 15.8 Å². The van der Waals surface area contributed by atoms with Crippen LogP contribution in [-0.4, -0.2) is 24.0 Å². The molecule has 3 N–H and O–H groups in total. The highest BCUT2D eigenvalue weighted by Gasteiger charge is 2.21. The number of hydrogen-bond acceptors (Lipinski definition) is 6. The molecule has 5 nitrogen and oxygen atoms in total. The van der Waals surface area contributed by atoms with E-state index in [0.717, 1.165) is 29.8 Å². The Hall–Kier alpha value is -1.30. The smallest absolute Gasteiger partial charge is 0.344 e. The Morgan fingerprint density at radius 2 is 2.15 bits per heavy atom. The van der Waals surface area contributed by atoms with Crippen LogP contribution in [0, 0.1) is 11.8 Å². The number of aromatic nitrogens is 1. The fourth-order valence-electron chi connectivity index (χ4n) is 2.73. The van der Waals surface area contributed by atoms with Crippen molar-refractivity contribution in [1.29, 1.82) is 0 Å². The van der Waals surface area contributed by atoms with Crippen molar-refractivity contribution in [2.75, 3.05) is 24.7 Å². The molecule has 1 aromatic rings. The van der Waals surface area contributed by atoms with Gasteiger partial charge in [0.15, 0.2) is 5.82 Å². The average Bonchev–Trinajstić information content (AvgIpc) is 2.81. The molecule has 0 atom stereocenters. The number of nitrogens with zero attached hydrogens (tertiary/aromatic N) is 1. The van der Waals surface area contributed by atoms with E-state index < -0.39 is 5.97 Å². The van der Waals surface area contributed by atoms with Gasteiger partial charge in [-0.1, -0.05) is 32.6 Å². The van der Waals surface area contributed by atoms with E-state index in [9.17, 15) is 4.79 Å². The molecular formula is C14H23N3O2S. The van der Waals surface area contributed by atoms with Crippen LogP contribution >= 0.6 is 11.5 Å². The zero-order chi connectivity index (χ0) is 14.5. The summed E-state index contributed by atoms with van der Waals surface area (Å²) < 4.78 is 8.75. The van der Waals surface area contributed by atoms with Gasteiger partial charge in [-0.05, 0) is 29.8 Å². The lowest BCUT2D eigenvalue weighted by Gasteiger charge is -2.26. The monoisotopic (exact) mass is 297 g/mol. The molecule has 112 valence electrons. The first-order chi connectivity index (χ1) is 9.61. The van der Waals surface area contributed by atoms with Crippen molar-refractivity contribution in [1.82, 2.24) is 4.37 Å². The number of methoxy groups -OCH3 is 1. The van der Waals surface area contributed by atoms with E-state index >= 15 is 0 Å². The highest BCUT2D eigenvalue weighted by molar-refractivity contribution is 7.11. The van der Waals surface area contributed by atoms with E-state index in [2.05, 4.69) is 16.6 Å². The summed E-state index contributed by atoms with van der Waals surface area (Å²) in [6.45, 7) is 3.18. The van der Waals surface area contributed by atoms with Gasteiger partial charge in [0.1, 0.15) is 10.6 Å². The predicted molar refractivity (Wildman–Crippen MR) is 82.1 cm³/mol.